The number of ether oxygens (including phenoxy) is 2. The third-order valence-corrected chi connectivity index (χ3v) is 4.36. The maximum atomic E-state index is 12.2. The molecule has 2 rings (SSSR count). The van der Waals surface area contributed by atoms with Crippen LogP contribution in [0.2, 0.25) is 0 Å². The highest BCUT2D eigenvalue weighted by molar-refractivity contribution is 9.10. The predicted molar refractivity (Wildman–Crippen MR) is 112 cm³/mol. The molecule has 0 atom stereocenters. The first kappa shape index (κ1) is 23.8. The van der Waals surface area contributed by atoms with E-state index in [1.165, 1.54) is 5.06 Å². The number of hydrogen-bond acceptors (Lipinski definition) is 7. The van der Waals surface area contributed by atoms with E-state index in [4.69, 9.17) is 14.3 Å². The first-order valence-corrected chi connectivity index (χ1v) is 10.1. The number of carbonyl (C=O) groups is 2. The summed E-state index contributed by atoms with van der Waals surface area (Å²) in [6.45, 7) is 6.68. The van der Waals surface area contributed by atoms with E-state index >= 15 is 0 Å². The fraction of sp³-hybridized carbons (Fsp3) is 0.526. The maximum absolute atomic E-state index is 12.2. The minimum absolute atomic E-state index is 0.00690. The molecule has 0 aromatic heterocycles. The molecule has 1 fully saturated rings. The Kier molecular flexibility index (Phi) is 8.76. The van der Waals surface area contributed by atoms with Crippen LogP contribution >= 0.6 is 15.9 Å². The van der Waals surface area contributed by atoms with E-state index in [-0.39, 0.29) is 6.61 Å². The molecule has 2 amide bonds. The molecular formula is C19H24BrFN4O5. The molecule has 1 saturated heterocycles. The van der Waals surface area contributed by atoms with Gasteiger partial charge in [0.15, 0.2) is 0 Å². The Morgan fingerprint density at radius 3 is 2.43 bits per heavy atom. The maximum Gasteiger partial charge on any atom is 0.462 e. The van der Waals surface area contributed by atoms with Gasteiger partial charge in [0.25, 0.3) is 0 Å². The van der Waals surface area contributed by atoms with Gasteiger partial charge in [-0.2, -0.15) is 0 Å². The summed E-state index contributed by atoms with van der Waals surface area (Å²) >= 11 is 3.42. The SMILES string of the molecule is CC(C)(C)OC(=O)N=C=NC(=O)ON1CCN(c2ccc(OCCF)c(Br)c2)CC1. The molecule has 9 nitrogen and oxygen atoms in total. The number of rotatable bonds is 5. The van der Waals surface area contributed by atoms with Gasteiger partial charge in [0.05, 0.1) is 17.6 Å². The van der Waals surface area contributed by atoms with Crippen molar-refractivity contribution in [2.24, 2.45) is 9.98 Å². The van der Waals surface area contributed by atoms with Crippen molar-refractivity contribution >= 4 is 39.8 Å². The van der Waals surface area contributed by atoms with Crippen LogP contribution in [0.25, 0.3) is 0 Å². The van der Waals surface area contributed by atoms with E-state index in [9.17, 15) is 14.0 Å². The van der Waals surface area contributed by atoms with Crippen molar-refractivity contribution < 1.29 is 28.3 Å². The second kappa shape index (κ2) is 11.1. The molecule has 0 spiro atoms. The molecule has 0 unspecified atom stereocenters. The van der Waals surface area contributed by atoms with Crippen LogP contribution in [-0.2, 0) is 9.57 Å². The summed E-state index contributed by atoms with van der Waals surface area (Å²) in [5.74, 6) is 0.579. The van der Waals surface area contributed by atoms with Crippen molar-refractivity contribution in [3.8, 4) is 5.75 Å². The number of nitrogens with zero attached hydrogens (tertiary/aromatic N) is 4. The van der Waals surface area contributed by atoms with Gasteiger partial charge in [-0.05, 0) is 54.9 Å². The molecular weight excluding hydrogens is 463 g/mol. The summed E-state index contributed by atoms with van der Waals surface area (Å²) in [4.78, 5) is 37.0. The van der Waals surface area contributed by atoms with E-state index in [1.54, 1.807) is 26.8 Å². The van der Waals surface area contributed by atoms with Gasteiger partial charge in [-0.25, -0.2) is 14.0 Å². The molecule has 0 bridgehead atoms. The molecule has 1 aliphatic heterocycles. The lowest BCUT2D eigenvalue weighted by atomic mass is 10.2. The molecule has 1 aliphatic rings. The highest BCUT2D eigenvalue weighted by atomic mass is 79.9. The van der Waals surface area contributed by atoms with Crippen molar-refractivity contribution in [3.63, 3.8) is 0 Å². The Morgan fingerprint density at radius 1 is 1.17 bits per heavy atom. The molecule has 30 heavy (non-hydrogen) atoms. The average Bonchev–Trinajstić information content (AvgIpc) is 2.66. The fourth-order valence-corrected chi connectivity index (χ4v) is 2.99. The number of piperazine rings is 1. The minimum atomic E-state index is -0.923. The van der Waals surface area contributed by atoms with Crippen molar-refractivity contribution in [3.05, 3.63) is 22.7 Å². The first-order valence-electron chi connectivity index (χ1n) is 9.27. The van der Waals surface area contributed by atoms with Crippen LogP contribution in [0.15, 0.2) is 32.7 Å². The summed E-state index contributed by atoms with van der Waals surface area (Å²) in [6, 6.07) is 7.54. The Bertz CT molecular complexity index is 816. The van der Waals surface area contributed by atoms with Gasteiger partial charge >= 0.3 is 12.2 Å². The largest absolute Gasteiger partial charge is 0.490 e. The van der Waals surface area contributed by atoms with Crippen LogP contribution < -0.4 is 9.64 Å². The van der Waals surface area contributed by atoms with E-state index < -0.39 is 24.5 Å². The van der Waals surface area contributed by atoms with Crippen molar-refractivity contribution in [2.45, 2.75) is 26.4 Å². The zero-order valence-electron chi connectivity index (χ0n) is 17.1. The summed E-state index contributed by atoms with van der Waals surface area (Å²) in [6.07, 6.45) is -1.81. The minimum Gasteiger partial charge on any atom is -0.490 e. The Labute approximate surface area is 182 Å². The first-order chi connectivity index (χ1) is 14.2. The molecule has 0 radical (unpaired) electrons. The lowest BCUT2D eigenvalue weighted by Gasteiger charge is -2.34. The number of alkyl halides is 1. The smallest absolute Gasteiger partial charge is 0.462 e. The second-order valence-electron chi connectivity index (χ2n) is 7.23. The van der Waals surface area contributed by atoms with Crippen molar-refractivity contribution in [2.75, 3.05) is 44.4 Å². The molecule has 0 aliphatic carbocycles. The van der Waals surface area contributed by atoms with Gasteiger partial charge in [0, 0.05) is 18.8 Å². The number of aliphatic imine (C=N–C) groups is 2. The summed E-state index contributed by atoms with van der Waals surface area (Å²) < 4.78 is 23.2. The monoisotopic (exact) mass is 486 g/mol. The normalized spacial score (nSPS) is 14.5. The number of hydroxylamine groups is 2. The zero-order chi connectivity index (χ0) is 22.1. The Balaban J connectivity index is 1.81. The van der Waals surface area contributed by atoms with Crippen LogP contribution in [0, 0.1) is 0 Å². The van der Waals surface area contributed by atoms with E-state index in [0.717, 1.165) is 10.2 Å². The number of halogens is 2. The number of benzene rings is 1. The van der Waals surface area contributed by atoms with Crippen LogP contribution in [0.4, 0.5) is 19.7 Å². The summed E-state index contributed by atoms with van der Waals surface area (Å²) in [5, 5.41) is 1.48. The highest BCUT2D eigenvalue weighted by Gasteiger charge is 2.21. The Hall–Kier alpha value is -2.49. The molecule has 164 valence electrons. The van der Waals surface area contributed by atoms with E-state index in [2.05, 4.69) is 30.8 Å². The van der Waals surface area contributed by atoms with E-state index in [1.807, 2.05) is 18.1 Å². The lowest BCUT2D eigenvalue weighted by Crippen LogP contribution is -2.46. The topological polar surface area (TPSA) is 93.0 Å². The summed E-state index contributed by atoms with van der Waals surface area (Å²) in [5.41, 5.74) is 0.266. The summed E-state index contributed by atoms with van der Waals surface area (Å²) in [7, 11) is 0. The highest BCUT2D eigenvalue weighted by Crippen LogP contribution is 2.30. The lowest BCUT2D eigenvalue weighted by molar-refractivity contribution is -0.0983. The number of carbonyl (C=O) groups excluding carboxylic acids is 2. The van der Waals surface area contributed by atoms with Crippen molar-refractivity contribution in [1.82, 2.24) is 5.06 Å². The number of anilines is 1. The van der Waals surface area contributed by atoms with Crippen molar-refractivity contribution in [1.29, 1.82) is 0 Å². The quantitative estimate of drug-likeness (QED) is 0.578. The van der Waals surface area contributed by atoms with Gasteiger partial charge in [-0.1, -0.05) is 0 Å². The average molecular weight is 487 g/mol. The molecule has 0 N–H and O–H groups in total. The van der Waals surface area contributed by atoms with Crippen LogP contribution in [0.3, 0.4) is 0 Å². The van der Waals surface area contributed by atoms with E-state index in [0.29, 0.717) is 31.9 Å². The van der Waals surface area contributed by atoms with Gasteiger partial charge < -0.3 is 19.2 Å². The van der Waals surface area contributed by atoms with Gasteiger partial charge in [0.1, 0.15) is 30.6 Å². The molecule has 1 aromatic rings. The fourth-order valence-electron chi connectivity index (χ4n) is 2.51. The molecule has 1 aromatic carbocycles. The molecule has 0 saturated carbocycles. The van der Waals surface area contributed by atoms with Gasteiger partial charge in [-0.15, -0.1) is 15.0 Å². The number of hydrogen-bond donors (Lipinski definition) is 0. The third-order valence-electron chi connectivity index (χ3n) is 3.74. The van der Waals surface area contributed by atoms with Crippen LogP contribution in [0.5, 0.6) is 5.75 Å². The number of amides is 2. The molecule has 1 heterocycles. The zero-order valence-corrected chi connectivity index (χ0v) is 18.6. The van der Waals surface area contributed by atoms with Gasteiger partial charge in [0.2, 0.25) is 0 Å². The molecule has 11 heteroatoms. The van der Waals surface area contributed by atoms with Crippen LogP contribution in [-0.4, -0.2) is 68.3 Å². The second-order valence-corrected chi connectivity index (χ2v) is 8.08. The Morgan fingerprint density at radius 2 is 1.83 bits per heavy atom. The third kappa shape index (κ3) is 8.10. The standard InChI is InChI=1S/C19H24BrFN4O5/c1-19(2,3)29-17(26)22-13-23-18(27)30-25-9-7-24(8-10-25)14-4-5-16(15(20)12-14)28-11-6-21/h4-5,12H,6-11H2,1-3H3. The predicted octanol–water partition coefficient (Wildman–Crippen LogP) is 4.08. The van der Waals surface area contributed by atoms with Crippen LogP contribution in [0.1, 0.15) is 20.8 Å². The van der Waals surface area contributed by atoms with Gasteiger partial charge in [-0.3, -0.25) is 0 Å².